The summed E-state index contributed by atoms with van der Waals surface area (Å²) in [4.78, 5) is 29.1. The number of nitrogens with zero attached hydrogens (tertiary/aromatic N) is 2. The molecule has 0 aliphatic carbocycles. The van der Waals surface area contributed by atoms with Crippen molar-refractivity contribution in [3.63, 3.8) is 0 Å². The predicted molar refractivity (Wildman–Crippen MR) is 98.7 cm³/mol. The molecule has 0 atom stereocenters. The maximum absolute atomic E-state index is 13.8. The van der Waals surface area contributed by atoms with Crippen molar-refractivity contribution in [2.24, 2.45) is 0 Å². The van der Waals surface area contributed by atoms with Crippen LogP contribution in [0.1, 0.15) is 5.69 Å². The molecule has 0 unspecified atom stereocenters. The van der Waals surface area contributed by atoms with Gasteiger partial charge in [-0.1, -0.05) is 41.9 Å². The van der Waals surface area contributed by atoms with E-state index in [-0.39, 0.29) is 22.8 Å². The molecule has 5 nitrogen and oxygen atoms in total. The molecule has 1 heterocycles. The lowest BCUT2D eigenvalue weighted by Crippen LogP contribution is -2.29. The second-order valence-corrected chi connectivity index (χ2v) is 6.12. The molecule has 0 aliphatic rings. The van der Waals surface area contributed by atoms with Crippen molar-refractivity contribution in [2.45, 2.75) is 13.5 Å². The molecule has 26 heavy (non-hydrogen) atoms. The first kappa shape index (κ1) is 17.8. The van der Waals surface area contributed by atoms with Crippen LogP contribution in [0.25, 0.3) is 11.4 Å². The summed E-state index contributed by atoms with van der Waals surface area (Å²) in [6, 6.07) is 14.4. The van der Waals surface area contributed by atoms with Crippen molar-refractivity contribution >= 4 is 23.2 Å². The molecule has 0 bridgehead atoms. The number of nitrogens with one attached hydrogen (secondary N) is 1. The fraction of sp³-hybridized carbons (Fsp3) is 0.105. The third kappa shape index (κ3) is 3.97. The van der Waals surface area contributed by atoms with Crippen LogP contribution in [0.3, 0.4) is 0 Å². The second-order valence-electron chi connectivity index (χ2n) is 5.68. The van der Waals surface area contributed by atoms with E-state index < -0.39 is 11.7 Å². The Morgan fingerprint density at radius 2 is 1.92 bits per heavy atom. The molecule has 0 saturated carbocycles. The molecule has 0 aliphatic heterocycles. The smallest absolute Gasteiger partial charge is 0.254 e. The van der Waals surface area contributed by atoms with Crippen molar-refractivity contribution in [3.05, 3.63) is 81.5 Å². The van der Waals surface area contributed by atoms with E-state index in [1.54, 1.807) is 19.1 Å². The van der Waals surface area contributed by atoms with Gasteiger partial charge in [0.25, 0.3) is 5.56 Å². The lowest BCUT2D eigenvalue weighted by atomic mass is 10.2. The van der Waals surface area contributed by atoms with Crippen molar-refractivity contribution in [3.8, 4) is 11.4 Å². The highest BCUT2D eigenvalue weighted by atomic mass is 35.5. The number of hydrogen-bond donors (Lipinski definition) is 1. The van der Waals surface area contributed by atoms with E-state index in [2.05, 4.69) is 10.3 Å². The van der Waals surface area contributed by atoms with Crippen LogP contribution in [-0.2, 0) is 11.3 Å². The summed E-state index contributed by atoms with van der Waals surface area (Å²) in [5, 5.41) is 2.67. The molecule has 1 amide bonds. The SMILES string of the molecule is Cc1cc(=O)n(CC(=O)Nc2ccc(Cl)cc2F)c(-c2ccccc2)n1. The Balaban J connectivity index is 1.92. The first-order valence-corrected chi connectivity index (χ1v) is 8.20. The summed E-state index contributed by atoms with van der Waals surface area (Å²) >= 11 is 5.70. The molecule has 1 N–H and O–H groups in total. The monoisotopic (exact) mass is 371 g/mol. The third-order valence-electron chi connectivity index (χ3n) is 3.68. The quantitative estimate of drug-likeness (QED) is 0.761. The van der Waals surface area contributed by atoms with Gasteiger partial charge in [-0.25, -0.2) is 9.37 Å². The van der Waals surface area contributed by atoms with Gasteiger partial charge in [-0.15, -0.1) is 0 Å². The summed E-state index contributed by atoms with van der Waals surface area (Å²) < 4.78 is 15.1. The van der Waals surface area contributed by atoms with Crippen LogP contribution in [0.4, 0.5) is 10.1 Å². The third-order valence-corrected chi connectivity index (χ3v) is 3.91. The summed E-state index contributed by atoms with van der Waals surface area (Å²) in [6.07, 6.45) is 0. The highest BCUT2D eigenvalue weighted by Crippen LogP contribution is 2.19. The maximum Gasteiger partial charge on any atom is 0.254 e. The van der Waals surface area contributed by atoms with Gasteiger partial charge in [-0.2, -0.15) is 0 Å². The minimum atomic E-state index is -0.650. The Bertz CT molecular complexity index is 1020. The van der Waals surface area contributed by atoms with Crippen molar-refractivity contribution in [1.29, 1.82) is 0 Å². The van der Waals surface area contributed by atoms with Gasteiger partial charge in [-0.3, -0.25) is 14.2 Å². The summed E-state index contributed by atoms with van der Waals surface area (Å²) in [6.45, 7) is 1.42. The zero-order chi connectivity index (χ0) is 18.7. The van der Waals surface area contributed by atoms with Gasteiger partial charge in [-0.05, 0) is 25.1 Å². The Morgan fingerprint density at radius 3 is 2.62 bits per heavy atom. The van der Waals surface area contributed by atoms with E-state index in [0.717, 1.165) is 6.07 Å². The Kier molecular flexibility index (Phi) is 5.14. The molecule has 2 aromatic carbocycles. The Hall–Kier alpha value is -2.99. The first-order chi connectivity index (χ1) is 12.4. The van der Waals surface area contributed by atoms with Gasteiger partial charge in [0.2, 0.25) is 5.91 Å². The van der Waals surface area contributed by atoms with E-state index in [9.17, 15) is 14.0 Å². The van der Waals surface area contributed by atoms with Crippen LogP contribution in [0.15, 0.2) is 59.4 Å². The molecular weight excluding hydrogens is 357 g/mol. The number of halogens is 2. The number of anilines is 1. The first-order valence-electron chi connectivity index (χ1n) is 7.83. The molecule has 0 spiro atoms. The molecule has 3 aromatic rings. The average Bonchev–Trinajstić information content (AvgIpc) is 2.60. The largest absolute Gasteiger partial charge is 0.322 e. The highest BCUT2D eigenvalue weighted by molar-refractivity contribution is 6.30. The van der Waals surface area contributed by atoms with Gasteiger partial charge in [0.1, 0.15) is 18.2 Å². The minimum absolute atomic E-state index is 0.00576. The zero-order valence-electron chi connectivity index (χ0n) is 13.9. The Morgan fingerprint density at radius 1 is 1.19 bits per heavy atom. The molecule has 0 fully saturated rings. The van der Waals surface area contributed by atoms with Gasteiger partial charge in [0.05, 0.1) is 5.69 Å². The summed E-state index contributed by atoms with van der Waals surface area (Å²) in [5.74, 6) is -0.818. The van der Waals surface area contributed by atoms with Crippen molar-refractivity contribution in [2.75, 3.05) is 5.32 Å². The lowest BCUT2D eigenvalue weighted by Gasteiger charge is -2.13. The molecule has 132 valence electrons. The lowest BCUT2D eigenvalue weighted by molar-refractivity contribution is -0.116. The van der Waals surface area contributed by atoms with E-state index in [4.69, 9.17) is 11.6 Å². The number of benzene rings is 2. The van der Waals surface area contributed by atoms with Crippen LogP contribution in [0, 0.1) is 12.7 Å². The van der Waals surface area contributed by atoms with Crippen LogP contribution in [-0.4, -0.2) is 15.5 Å². The fourth-order valence-corrected chi connectivity index (χ4v) is 2.66. The van der Waals surface area contributed by atoms with Crippen LogP contribution >= 0.6 is 11.6 Å². The van der Waals surface area contributed by atoms with Gasteiger partial charge in [0, 0.05) is 22.3 Å². The van der Waals surface area contributed by atoms with Gasteiger partial charge >= 0.3 is 0 Å². The van der Waals surface area contributed by atoms with Crippen LogP contribution in [0.2, 0.25) is 5.02 Å². The molecular formula is C19H15ClFN3O2. The second kappa shape index (κ2) is 7.49. The molecule has 7 heteroatoms. The van der Waals surface area contributed by atoms with Gasteiger partial charge < -0.3 is 5.32 Å². The molecule has 3 rings (SSSR count). The standard InChI is InChI=1S/C19H15ClFN3O2/c1-12-9-18(26)24(19(22-12)13-5-3-2-4-6-13)11-17(25)23-16-8-7-14(20)10-15(16)21/h2-10H,11H2,1H3,(H,23,25). The number of rotatable bonds is 4. The van der Waals surface area contributed by atoms with Crippen molar-refractivity contribution in [1.82, 2.24) is 9.55 Å². The van der Waals surface area contributed by atoms with Gasteiger partial charge in [0.15, 0.2) is 0 Å². The topological polar surface area (TPSA) is 64.0 Å². The van der Waals surface area contributed by atoms with E-state index >= 15 is 0 Å². The highest BCUT2D eigenvalue weighted by Gasteiger charge is 2.14. The molecule has 1 aromatic heterocycles. The zero-order valence-corrected chi connectivity index (χ0v) is 14.6. The van der Waals surface area contributed by atoms with E-state index in [0.29, 0.717) is 17.1 Å². The average molecular weight is 372 g/mol. The maximum atomic E-state index is 13.8. The minimum Gasteiger partial charge on any atom is -0.322 e. The van der Waals surface area contributed by atoms with Crippen molar-refractivity contribution < 1.29 is 9.18 Å². The number of aromatic nitrogens is 2. The number of carbonyl (C=O) groups is 1. The normalized spacial score (nSPS) is 10.6. The van der Waals surface area contributed by atoms with E-state index in [1.165, 1.54) is 22.8 Å². The molecule has 0 saturated heterocycles. The number of hydrogen-bond acceptors (Lipinski definition) is 3. The summed E-state index contributed by atoms with van der Waals surface area (Å²) in [5.41, 5.74) is 0.893. The van der Waals surface area contributed by atoms with E-state index in [1.807, 2.05) is 18.2 Å². The predicted octanol–water partition coefficient (Wildman–Crippen LogP) is 3.65. The van der Waals surface area contributed by atoms with Crippen LogP contribution < -0.4 is 10.9 Å². The number of aryl methyl sites for hydroxylation is 1. The number of carbonyl (C=O) groups excluding carboxylic acids is 1. The number of amides is 1. The Labute approximate surface area is 154 Å². The fourth-order valence-electron chi connectivity index (χ4n) is 2.51. The van der Waals surface area contributed by atoms with Crippen LogP contribution in [0.5, 0.6) is 0 Å². The summed E-state index contributed by atoms with van der Waals surface area (Å²) in [7, 11) is 0. The molecule has 0 radical (unpaired) electrons.